The quantitative estimate of drug-likeness (QED) is 0.609. The van der Waals surface area contributed by atoms with E-state index >= 15 is 0 Å². The highest BCUT2D eigenvalue weighted by atomic mass is 35.5. The second-order valence-corrected chi connectivity index (χ2v) is 7.55. The largest absolute Gasteiger partial charge is 0.508 e. The van der Waals surface area contributed by atoms with Crippen molar-refractivity contribution in [2.45, 2.75) is 25.8 Å². The second-order valence-electron chi connectivity index (χ2n) is 7.11. The molecule has 0 bridgehead atoms. The summed E-state index contributed by atoms with van der Waals surface area (Å²) in [7, 11) is 1.77. The zero-order valence-corrected chi connectivity index (χ0v) is 17.9. The van der Waals surface area contributed by atoms with Crippen molar-refractivity contribution in [3.05, 3.63) is 95.1 Å². The van der Waals surface area contributed by atoms with Crippen LogP contribution in [0.25, 0.3) is 0 Å². The normalized spacial score (nSPS) is 17.0. The molecule has 0 saturated carbocycles. The molecule has 2 aromatic rings. The fraction of sp³-hybridized carbons (Fsp3) is 0.200. The number of carbonyl (C=O) groups is 1. The van der Waals surface area contributed by atoms with E-state index in [9.17, 15) is 9.90 Å². The predicted molar refractivity (Wildman–Crippen MR) is 125 cm³/mol. The maximum atomic E-state index is 13.2. The van der Waals surface area contributed by atoms with E-state index in [4.69, 9.17) is 16.6 Å². The van der Waals surface area contributed by atoms with Gasteiger partial charge in [-0.25, -0.2) is 0 Å². The predicted octanol–water partition coefficient (Wildman–Crippen LogP) is 5.70. The van der Waals surface area contributed by atoms with Crippen LogP contribution in [0.1, 0.15) is 30.9 Å². The first kappa shape index (κ1) is 21.6. The summed E-state index contributed by atoms with van der Waals surface area (Å²) in [6, 6.07) is 11.7. The fourth-order valence-corrected chi connectivity index (χ4v) is 3.60. The van der Waals surface area contributed by atoms with Gasteiger partial charge in [-0.2, -0.15) is 0 Å². The molecule has 30 heavy (non-hydrogen) atoms. The van der Waals surface area contributed by atoms with Crippen LogP contribution in [0.3, 0.4) is 0 Å². The van der Waals surface area contributed by atoms with Crippen molar-refractivity contribution in [1.82, 2.24) is 0 Å². The average molecular weight is 421 g/mol. The molecule has 1 aliphatic rings. The third kappa shape index (κ3) is 4.71. The summed E-state index contributed by atoms with van der Waals surface area (Å²) in [6.45, 7) is 5.83. The number of aliphatic imine (C=N–C) groups is 1. The molecule has 2 aromatic carbocycles. The lowest BCUT2D eigenvalue weighted by molar-refractivity contribution is -0.119. The minimum absolute atomic E-state index is 0.0678. The molecule has 1 atom stereocenters. The molecule has 0 radical (unpaired) electrons. The number of rotatable bonds is 6. The molecule has 1 N–H and O–H groups in total. The second kappa shape index (κ2) is 9.59. The number of allylic oxidation sites excluding steroid dienone is 5. The molecule has 4 nitrogen and oxygen atoms in total. The SMILES string of the molecule is C=C/C(=C\C=C/C)CCC1N=C(c2ccc(O)cc2)c2cc(Cl)ccc2N(C)C1=O. The van der Waals surface area contributed by atoms with Crippen molar-refractivity contribution in [1.29, 1.82) is 0 Å². The van der Waals surface area contributed by atoms with Crippen LogP contribution in [0.4, 0.5) is 5.69 Å². The van der Waals surface area contributed by atoms with E-state index in [1.807, 2.05) is 43.4 Å². The van der Waals surface area contributed by atoms with Crippen LogP contribution in [0.5, 0.6) is 5.75 Å². The number of nitrogens with zero attached hydrogens (tertiary/aromatic N) is 2. The molecule has 1 aliphatic heterocycles. The zero-order valence-electron chi connectivity index (χ0n) is 17.2. The Kier molecular flexibility index (Phi) is 6.91. The van der Waals surface area contributed by atoms with Crippen LogP contribution < -0.4 is 4.90 Å². The number of aromatic hydroxyl groups is 1. The minimum atomic E-state index is -0.543. The number of anilines is 1. The van der Waals surface area contributed by atoms with Gasteiger partial charge in [-0.1, -0.05) is 42.5 Å². The Morgan fingerprint density at radius 2 is 2.00 bits per heavy atom. The Morgan fingerprint density at radius 1 is 1.27 bits per heavy atom. The minimum Gasteiger partial charge on any atom is -0.508 e. The number of carbonyl (C=O) groups excluding carboxylic acids is 1. The number of hydrogen-bond acceptors (Lipinski definition) is 3. The Morgan fingerprint density at radius 3 is 2.67 bits per heavy atom. The average Bonchev–Trinajstić information content (AvgIpc) is 2.84. The lowest BCUT2D eigenvalue weighted by atomic mass is 10.00. The first-order chi connectivity index (χ1) is 14.4. The van der Waals surface area contributed by atoms with E-state index in [0.717, 1.165) is 22.4 Å². The Bertz CT molecular complexity index is 1040. The number of fused-ring (bicyclic) bond motifs is 1. The van der Waals surface area contributed by atoms with Gasteiger partial charge in [0.05, 0.1) is 11.4 Å². The van der Waals surface area contributed by atoms with Crippen LogP contribution >= 0.6 is 11.6 Å². The van der Waals surface area contributed by atoms with Gasteiger partial charge in [0.1, 0.15) is 11.8 Å². The van der Waals surface area contributed by atoms with Crippen molar-refractivity contribution in [2.24, 2.45) is 4.99 Å². The summed E-state index contributed by atoms with van der Waals surface area (Å²) < 4.78 is 0. The molecule has 0 aliphatic carbocycles. The Balaban J connectivity index is 2.07. The highest BCUT2D eigenvalue weighted by Gasteiger charge is 2.30. The number of phenolic OH excluding ortho intramolecular Hbond substituents is 1. The molecule has 1 unspecified atom stereocenters. The first-order valence-electron chi connectivity index (χ1n) is 9.83. The zero-order chi connectivity index (χ0) is 21.7. The van der Waals surface area contributed by atoms with Crippen molar-refractivity contribution >= 4 is 28.9 Å². The van der Waals surface area contributed by atoms with Gasteiger partial charge in [0.15, 0.2) is 0 Å². The lowest BCUT2D eigenvalue weighted by Crippen LogP contribution is -2.34. The van der Waals surface area contributed by atoms with E-state index < -0.39 is 6.04 Å². The van der Waals surface area contributed by atoms with Gasteiger partial charge in [-0.05, 0) is 67.8 Å². The fourth-order valence-electron chi connectivity index (χ4n) is 3.43. The molecule has 3 rings (SSSR count). The summed E-state index contributed by atoms with van der Waals surface area (Å²) in [5.74, 6) is 0.107. The number of amides is 1. The smallest absolute Gasteiger partial charge is 0.251 e. The number of phenols is 1. The van der Waals surface area contributed by atoms with E-state index in [2.05, 4.69) is 6.58 Å². The van der Waals surface area contributed by atoms with Gasteiger partial charge in [-0.3, -0.25) is 9.79 Å². The Hall–Kier alpha value is -3.11. The molecule has 0 fully saturated rings. The summed E-state index contributed by atoms with van der Waals surface area (Å²) in [5, 5.41) is 10.3. The molecular weight excluding hydrogens is 396 g/mol. The number of benzene rings is 2. The topological polar surface area (TPSA) is 52.9 Å². The van der Waals surface area contributed by atoms with E-state index in [0.29, 0.717) is 23.6 Å². The monoisotopic (exact) mass is 420 g/mol. The van der Waals surface area contributed by atoms with Gasteiger partial charge in [-0.15, -0.1) is 0 Å². The van der Waals surface area contributed by atoms with Crippen LogP contribution in [-0.4, -0.2) is 29.8 Å². The summed E-state index contributed by atoms with van der Waals surface area (Å²) >= 11 is 6.28. The van der Waals surface area contributed by atoms with Crippen molar-refractivity contribution in [2.75, 3.05) is 11.9 Å². The lowest BCUT2D eigenvalue weighted by Gasteiger charge is -2.20. The van der Waals surface area contributed by atoms with Gasteiger partial charge in [0.2, 0.25) is 0 Å². The molecule has 1 heterocycles. The van der Waals surface area contributed by atoms with Gasteiger partial charge >= 0.3 is 0 Å². The molecule has 0 aromatic heterocycles. The summed E-state index contributed by atoms with van der Waals surface area (Å²) in [4.78, 5) is 19.8. The summed E-state index contributed by atoms with van der Waals surface area (Å²) in [5.41, 5.74) is 4.10. The van der Waals surface area contributed by atoms with Crippen molar-refractivity contribution < 1.29 is 9.90 Å². The highest BCUT2D eigenvalue weighted by molar-refractivity contribution is 6.32. The van der Waals surface area contributed by atoms with E-state index in [-0.39, 0.29) is 11.7 Å². The van der Waals surface area contributed by atoms with Gasteiger partial charge in [0.25, 0.3) is 5.91 Å². The number of benzodiazepines with no additional fused rings is 1. The third-order valence-corrected chi connectivity index (χ3v) is 5.32. The first-order valence-corrected chi connectivity index (χ1v) is 10.2. The highest BCUT2D eigenvalue weighted by Crippen LogP contribution is 2.31. The van der Waals surface area contributed by atoms with Crippen LogP contribution in [0, 0.1) is 0 Å². The van der Waals surface area contributed by atoms with Crippen LogP contribution in [0.2, 0.25) is 5.02 Å². The van der Waals surface area contributed by atoms with Crippen LogP contribution in [0.15, 0.2) is 83.9 Å². The number of hydrogen-bond donors (Lipinski definition) is 1. The molecule has 5 heteroatoms. The van der Waals surface area contributed by atoms with E-state index in [1.54, 1.807) is 42.3 Å². The third-order valence-electron chi connectivity index (χ3n) is 5.09. The molecule has 0 spiro atoms. The standard InChI is InChI=1S/C25H25ClN2O2/c1-4-6-7-17(5-2)8-14-22-25(30)28(3)23-15-11-19(26)16-21(23)24(27-22)18-9-12-20(29)13-10-18/h4-7,9-13,15-16,22,29H,2,8,14H2,1,3H3/b6-4-,17-7+. The van der Waals surface area contributed by atoms with Crippen molar-refractivity contribution in [3.8, 4) is 5.75 Å². The van der Waals surface area contributed by atoms with Gasteiger partial charge < -0.3 is 10.0 Å². The van der Waals surface area contributed by atoms with Gasteiger partial charge in [0, 0.05) is 23.2 Å². The molecular formula is C25H25ClN2O2. The number of halogens is 1. The molecule has 0 saturated heterocycles. The Labute approximate surface area is 182 Å². The maximum Gasteiger partial charge on any atom is 0.251 e. The number of likely N-dealkylation sites (N-methyl/N-ethyl adjacent to an activating group) is 1. The molecule has 1 amide bonds. The molecule has 154 valence electrons. The van der Waals surface area contributed by atoms with E-state index in [1.165, 1.54) is 0 Å². The van der Waals surface area contributed by atoms with Crippen LogP contribution in [-0.2, 0) is 4.79 Å². The van der Waals surface area contributed by atoms with Crippen molar-refractivity contribution in [3.63, 3.8) is 0 Å². The maximum absolute atomic E-state index is 13.2. The summed E-state index contributed by atoms with van der Waals surface area (Å²) in [6.07, 6.45) is 8.96.